The summed E-state index contributed by atoms with van der Waals surface area (Å²) in [6, 6.07) is 16.1. The van der Waals surface area contributed by atoms with E-state index in [1.165, 1.54) is 17.3 Å². The van der Waals surface area contributed by atoms with Crippen LogP contribution in [0.2, 0.25) is 5.02 Å². The monoisotopic (exact) mass is 484 g/mol. The van der Waals surface area contributed by atoms with Crippen LogP contribution in [0.5, 0.6) is 0 Å². The molecule has 1 atom stereocenters. The molecule has 0 saturated heterocycles. The van der Waals surface area contributed by atoms with Gasteiger partial charge in [-0.2, -0.15) is 5.10 Å². The van der Waals surface area contributed by atoms with E-state index in [0.717, 1.165) is 17.7 Å². The van der Waals surface area contributed by atoms with Gasteiger partial charge in [0.2, 0.25) is 5.91 Å². The third-order valence-corrected chi connectivity index (χ3v) is 7.53. The zero-order valence-corrected chi connectivity index (χ0v) is 21.1. The Morgan fingerprint density at radius 1 is 1.09 bits per heavy atom. The van der Waals surface area contributed by atoms with Crippen molar-refractivity contribution in [3.8, 4) is 0 Å². The highest BCUT2D eigenvalue weighted by molar-refractivity contribution is 8.14. The fraction of sp³-hybridized carbons (Fsp3) is 0.400. The van der Waals surface area contributed by atoms with Gasteiger partial charge < -0.3 is 10.2 Å². The van der Waals surface area contributed by atoms with Crippen LogP contribution in [0, 0.1) is 0 Å². The number of carbonyl (C=O) groups excluding carboxylic acids is 2. The van der Waals surface area contributed by atoms with Gasteiger partial charge in [-0.3, -0.25) is 15.0 Å². The van der Waals surface area contributed by atoms with E-state index in [-0.39, 0.29) is 23.0 Å². The summed E-state index contributed by atoms with van der Waals surface area (Å²) in [5.74, 6) is -0.0383. The van der Waals surface area contributed by atoms with E-state index >= 15 is 0 Å². The van der Waals surface area contributed by atoms with Gasteiger partial charge in [0.25, 0.3) is 5.91 Å². The second-order valence-electron chi connectivity index (χ2n) is 9.97. The largest absolute Gasteiger partial charge is 0.306 e. The van der Waals surface area contributed by atoms with Gasteiger partial charge in [0, 0.05) is 21.7 Å². The number of halogens is 1. The number of nitrogens with one attached hydrogen (secondary N) is 2. The number of fused-ring (bicyclic) bond motifs is 1. The predicted molar refractivity (Wildman–Crippen MR) is 136 cm³/mol. The molecular formula is C25H29ClN4O2S. The van der Waals surface area contributed by atoms with Gasteiger partial charge in [-0.25, -0.2) is 0 Å². The highest BCUT2D eigenvalue weighted by Crippen LogP contribution is 2.50. The molecule has 2 aliphatic rings. The van der Waals surface area contributed by atoms with Gasteiger partial charge >= 0.3 is 0 Å². The van der Waals surface area contributed by atoms with E-state index in [1.54, 1.807) is 13.8 Å². The molecule has 0 fully saturated rings. The first-order valence-electron chi connectivity index (χ1n) is 10.9. The number of benzene rings is 2. The Bertz CT molecular complexity index is 1130. The molecule has 174 valence electrons. The molecule has 0 unspecified atom stereocenters. The van der Waals surface area contributed by atoms with Crippen molar-refractivity contribution in [1.29, 1.82) is 0 Å². The van der Waals surface area contributed by atoms with Gasteiger partial charge in [-0.1, -0.05) is 60.6 Å². The number of rotatable bonds is 3. The Morgan fingerprint density at radius 2 is 1.76 bits per heavy atom. The number of amidine groups is 1. The minimum absolute atomic E-state index is 0.0302. The van der Waals surface area contributed by atoms with Crippen LogP contribution in [-0.4, -0.2) is 33.8 Å². The number of anilines is 1. The van der Waals surface area contributed by atoms with E-state index in [1.807, 2.05) is 35.2 Å². The number of hydrogen-bond donors (Lipinski definition) is 2. The summed E-state index contributed by atoms with van der Waals surface area (Å²) in [4.78, 5) is 27.6. The predicted octanol–water partition coefficient (Wildman–Crippen LogP) is 4.66. The van der Waals surface area contributed by atoms with Crippen molar-refractivity contribution >= 4 is 46.0 Å². The maximum absolute atomic E-state index is 13.5. The van der Waals surface area contributed by atoms with Crippen molar-refractivity contribution in [3.05, 3.63) is 64.7 Å². The Labute approximate surface area is 204 Å². The fourth-order valence-corrected chi connectivity index (χ4v) is 5.62. The van der Waals surface area contributed by atoms with Crippen molar-refractivity contribution in [2.24, 2.45) is 5.10 Å². The van der Waals surface area contributed by atoms with Crippen molar-refractivity contribution in [2.45, 2.75) is 57.5 Å². The van der Waals surface area contributed by atoms with Crippen LogP contribution in [0.1, 0.15) is 52.2 Å². The minimum atomic E-state index is -0.770. The first-order chi connectivity index (χ1) is 15.4. The van der Waals surface area contributed by atoms with Gasteiger partial charge in [0.15, 0.2) is 5.17 Å². The minimum Gasteiger partial charge on any atom is -0.306 e. The van der Waals surface area contributed by atoms with Crippen LogP contribution < -0.4 is 15.6 Å². The molecule has 4 rings (SSSR count). The summed E-state index contributed by atoms with van der Waals surface area (Å²) in [5.41, 5.74) is 4.56. The third-order valence-electron chi connectivity index (χ3n) is 6.42. The van der Waals surface area contributed by atoms with Crippen molar-refractivity contribution in [3.63, 3.8) is 0 Å². The molecule has 0 radical (unpaired) electrons. The molecule has 0 aromatic heterocycles. The van der Waals surface area contributed by atoms with Gasteiger partial charge in [0.05, 0.1) is 5.75 Å². The standard InChI is InChI=1S/C25H29ClN4O2S/c1-23(2)15-25(5,16-10-12-17(26)13-11-16)18-8-6-7-9-19(18)30(23)20(31)14-33-22-27-21(32)24(3,4)29-28-22/h6-13,29H,14-15H2,1-5H3,(H,27,28,32)/t25-/m1/s1. The van der Waals surface area contributed by atoms with E-state index in [4.69, 9.17) is 11.6 Å². The third kappa shape index (κ3) is 4.36. The van der Waals surface area contributed by atoms with Gasteiger partial charge in [0.1, 0.15) is 5.54 Å². The number of nitrogens with zero attached hydrogens (tertiary/aromatic N) is 2. The summed E-state index contributed by atoms with van der Waals surface area (Å²) in [7, 11) is 0. The summed E-state index contributed by atoms with van der Waals surface area (Å²) in [5, 5.41) is 8.10. The fourth-order valence-electron chi connectivity index (χ4n) is 4.83. The van der Waals surface area contributed by atoms with Crippen molar-refractivity contribution in [2.75, 3.05) is 10.7 Å². The van der Waals surface area contributed by atoms with Crippen LogP contribution in [0.15, 0.2) is 53.6 Å². The van der Waals surface area contributed by atoms with Crippen LogP contribution >= 0.6 is 23.4 Å². The van der Waals surface area contributed by atoms with E-state index in [0.29, 0.717) is 10.2 Å². The van der Waals surface area contributed by atoms with Crippen molar-refractivity contribution < 1.29 is 9.59 Å². The molecule has 2 aromatic rings. The second kappa shape index (κ2) is 8.37. The lowest BCUT2D eigenvalue weighted by molar-refractivity contribution is -0.125. The molecule has 2 amide bonds. The van der Waals surface area contributed by atoms with E-state index in [2.05, 4.69) is 54.8 Å². The number of hydrogen-bond acceptors (Lipinski definition) is 5. The molecule has 0 aliphatic carbocycles. The Morgan fingerprint density at radius 3 is 2.42 bits per heavy atom. The zero-order valence-electron chi connectivity index (χ0n) is 19.5. The van der Waals surface area contributed by atoms with E-state index in [9.17, 15) is 9.59 Å². The smallest absolute Gasteiger partial charge is 0.252 e. The normalized spacial score (nSPS) is 23.2. The van der Waals surface area contributed by atoms with Gasteiger partial charge in [-0.05, 0) is 63.4 Å². The number of carbonyl (C=O) groups is 2. The summed E-state index contributed by atoms with van der Waals surface area (Å²) in [6.45, 7) is 9.94. The van der Waals surface area contributed by atoms with Gasteiger partial charge in [-0.15, -0.1) is 0 Å². The Hall–Kier alpha value is -2.51. The first kappa shape index (κ1) is 23.6. The Kier molecular flexibility index (Phi) is 5.99. The average Bonchev–Trinajstić information content (AvgIpc) is 2.74. The molecule has 2 aromatic carbocycles. The summed E-state index contributed by atoms with van der Waals surface area (Å²) < 4.78 is 0. The molecule has 33 heavy (non-hydrogen) atoms. The lowest BCUT2D eigenvalue weighted by Crippen LogP contribution is -2.57. The van der Waals surface area contributed by atoms with Crippen LogP contribution in [0.25, 0.3) is 0 Å². The number of thioether (sulfide) groups is 1. The Balaban J connectivity index is 1.63. The number of para-hydroxylation sites is 1. The second-order valence-corrected chi connectivity index (χ2v) is 11.4. The average molecular weight is 485 g/mol. The molecular weight excluding hydrogens is 456 g/mol. The number of hydrazone groups is 1. The van der Waals surface area contributed by atoms with Crippen LogP contribution in [0.3, 0.4) is 0 Å². The van der Waals surface area contributed by atoms with Crippen molar-refractivity contribution in [1.82, 2.24) is 10.7 Å². The van der Waals surface area contributed by atoms with E-state index < -0.39 is 11.1 Å². The molecule has 8 heteroatoms. The molecule has 0 bridgehead atoms. The maximum atomic E-state index is 13.5. The SMILES string of the molecule is CC1(C)NN=C(SCC(=O)N2c3ccccc3[C@@](C)(c3ccc(Cl)cc3)CC2(C)C)NC1=O. The number of amides is 2. The zero-order chi connectivity index (χ0) is 24.0. The lowest BCUT2D eigenvalue weighted by Gasteiger charge is -2.51. The molecule has 2 heterocycles. The molecule has 2 N–H and O–H groups in total. The summed E-state index contributed by atoms with van der Waals surface area (Å²) in [6.07, 6.45) is 0.752. The van der Waals surface area contributed by atoms with Crippen LogP contribution in [-0.2, 0) is 15.0 Å². The quantitative estimate of drug-likeness (QED) is 0.664. The molecule has 2 aliphatic heterocycles. The highest BCUT2D eigenvalue weighted by atomic mass is 35.5. The maximum Gasteiger partial charge on any atom is 0.252 e. The molecule has 0 spiro atoms. The molecule has 6 nitrogen and oxygen atoms in total. The molecule has 0 saturated carbocycles. The topological polar surface area (TPSA) is 73.8 Å². The first-order valence-corrected chi connectivity index (χ1v) is 12.3. The summed E-state index contributed by atoms with van der Waals surface area (Å²) >= 11 is 7.37. The van der Waals surface area contributed by atoms with Crippen LogP contribution in [0.4, 0.5) is 5.69 Å². The highest BCUT2D eigenvalue weighted by Gasteiger charge is 2.47. The lowest BCUT2D eigenvalue weighted by atomic mass is 9.65.